The lowest BCUT2D eigenvalue weighted by Crippen LogP contribution is -1.83. The van der Waals surface area contributed by atoms with Gasteiger partial charge >= 0.3 is 0 Å². The molecule has 0 fully saturated rings. The molecule has 0 unspecified atom stereocenters. The minimum atomic E-state index is 0.211. The third-order valence-corrected chi connectivity index (χ3v) is 4.40. The van der Waals surface area contributed by atoms with Crippen LogP contribution in [-0.4, -0.2) is 10.2 Å². The van der Waals surface area contributed by atoms with Crippen molar-refractivity contribution in [3.8, 4) is 11.5 Å². The summed E-state index contributed by atoms with van der Waals surface area (Å²) in [4.78, 5) is 0. The molecular weight excluding hydrogens is 328 g/mol. The van der Waals surface area contributed by atoms with Crippen LogP contribution in [0.5, 0.6) is 11.5 Å². The van der Waals surface area contributed by atoms with Gasteiger partial charge in [-0.3, -0.25) is 0 Å². The highest BCUT2D eigenvalue weighted by molar-refractivity contribution is 9.10. The molecule has 21 heavy (non-hydrogen) atoms. The van der Waals surface area contributed by atoms with Crippen molar-refractivity contribution in [3.05, 3.63) is 59.1 Å². The van der Waals surface area contributed by atoms with Gasteiger partial charge in [0.2, 0.25) is 0 Å². The summed E-state index contributed by atoms with van der Waals surface area (Å²) < 4.78 is 0.985. The second-order valence-corrected chi connectivity index (χ2v) is 6.01. The highest BCUT2D eigenvalue weighted by atomic mass is 79.9. The number of rotatable bonds is 0. The molecule has 0 aromatic heterocycles. The van der Waals surface area contributed by atoms with Crippen molar-refractivity contribution < 1.29 is 10.2 Å². The van der Waals surface area contributed by atoms with Gasteiger partial charge in [0.25, 0.3) is 0 Å². The van der Waals surface area contributed by atoms with E-state index in [9.17, 15) is 10.2 Å². The zero-order valence-electron chi connectivity index (χ0n) is 11.0. The number of aromatic hydroxyl groups is 2. The van der Waals surface area contributed by atoms with E-state index in [-0.39, 0.29) is 11.5 Å². The molecule has 0 bridgehead atoms. The fraction of sp³-hybridized carbons (Fsp3) is 0. The third kappa shape index (κ3) is 1.71. The van der Waals surface area contributed by atoms with Gasteiger partial charge in [-0.15, -0.1) is 0 Å². The summed E-state index contributed by atoms with van der Waals surface area (Å²) in [6, 6.07) is 17.0. The first-order chi connectivity index (χ1) is 10.2. The lowest BCUT2D eigenvalue weighted by atomic mass is 9.96. The Morgan fingerprint density at radius 2 is 1.33 bits per heavy atom. The Kier molecular flexibility index (Phi) is 2.59. The normalized spacial score (nSPS) is 11.5. The molecule has 102 valence electrons. The Labute approximate surface area is 129 Å². The topological polar surface area (TPSA) is 40.5 Å². The maximum Gasteiger partial charge on any atom is 0.132 e. The molecule has 0 atom stereocenters. The van der Waals surface area contributed by atoms with Gasteiger partial charge in [-0.05, 0) is 29.0 Å². The molecule has 4 aromatic carbocycles. The highest BCUT2D eigenvalue weighted by Crippen LogP contribution is 2.44. The van der Waals surface area contributed by atoms with Gasteiger partial charge in [-0.2, -0.15) is 0 Å². The van der Waals surface area contributed by atoms with Crippen molar-refractivity contribution in [1.82, 2.24) is 0 Å². The summed E-state index contributed by atoms with van der Waals surface area (Å²) in [6.07, 6.45) is 0. The van der Waals surface area contributed by atoms with Crippen molar-refractivity contribution in [2.45, 2.75) is 0 Å². The Balaban J connectivity index is 2.34. The van der Waals surface area contributed by atoms with E-state index in [1.54, 1.807) is 0 Å². The minimum Gasteiger partial charge on any atom is -0.507 e. The zero-order valence-corrected chi connectivity index (χ0v) is 12.6. The molecule has 0 aliphatic rings. The van der Waals surface area contributed by atoms with E-state index < -0.39 is 0 Å². The van der Waals surface area contributed by atoms with E-state index in [1.807, 2.05) is 54.6 Å². The van der Waals surface area contributed by atoms with Crippen LogP contribution in [0.4, 0.5) is 0 Å². The first kappa shape index (κ1) is 12.5. The number of halogens is 1. The van der Waals surface area contributed by atoms with Gasteiger partial charge < -0.3 is 10.2 Å². The van der Waals surface area contributed by atoms with Crippen molar-refractivity contribution in [3.63, 3.8) is 0 Å². The molecule has 0 aliphatic heterocycles. The van der Waals surface area contributed by atoms with Crippen molar-refractivity contribution >= 4 is 48.2 Å². The Morgan fingerprint density at radius 3 is 2.10 bits per heavy atom. The number of hydrogen-bond acceptors (Lipinski definition) is 2. The van der Waals surface area contributed by atoms with Crippen LogP contribution >= 0.6 is 15.9 Å². The van der Waals surface area contributed by atoms with Crippen LogP contribution in [0.25, 0.3) is 32.3 Å². The quantitative estimate of drug-likeness (QED) is 0.259. The summed E-state index contributed by atoms with van der Waals surface area (Å²) >= 11 is 3.46. The predicted octanol–water partition coefficient (Wildman–Crippen LogP) is 5.32. The van der Waals surface area contributed by atoms with Crippen LogP contribution in [0, 0.1) is 0 Å². The summed E-state index contributed by atoms with van der Waals surface area (Å²) in [5, 5.41) is 25.8. The van der Waals surface area contributed by atoms with E-state index in [0.29, 0.717) is 21.5 Å². The number of phenols is 2. The Bertz CT molecular complexity index is 1020. The monoisotopic (exact) mass is 338 g/mol. The molecule has 0 spiro atoms. The van der Waals surface area contributed by atoms with Crippen molar-refractivity contribution in [2.75, 3.05) is 0 Å². The first-order valence-corrected chi connectivity index (χ1v) is 7.41. The van der Waals surface area contributed by atoms with E-state index in [4.69, 9.17) is 0 Å². The maximum atomic E-state index is 10.7. The number of benzene rings is 4. The number of hydrogen-bond donors (Lipinski definition) is 2. The molecule has 4 rings (SSSR count). The van der Waals surface area contributed by atoms with Crippen LogP contribution in [0.15, 0.2) is 59.1 Å². The molecule has 0 saturated heterocycles. The number of fused-ring (bicyclic) bond motifs is 4. The van der Waals surface area contributed by atoms with Gasteiger partial charge in [-0.1, -0.05) is 52.3 Å². The van der Waals surface area contributed by atoms with Gasteiger partial charge in [0, 0.05) is 26.0 Å². The van der Waals surface area contributed by atoms with E-state index in [1.165, 1.54) is 0 Å². The molecule has 0 amide bonds. The third-order valence-electron chi connectivity index (χ3n) is 3.91. The molecular formula is C18H11BrO2. The molecule has 2 nitrogen and oxygen atoms in total. The second kappa shape index (κ2) is 4.37. The van der Waals surface area contributed by atoms with Gasteiger partial charge in [0.05, 0.1) is 0 Å². The fourth-order valence-electron chi connectivity index (χ4n) is 2.93. The summed E-state index contributed by atoms with van der Waals surface area (Å²) in [7, 11) is 0. The molecule has 4 aromatic rings. The highest BCUT2D eigenvalue weighted by Gasteiger charge is 2.14. The maximum absolute atomic E-state index is 10.7. The Hall–Kier alpha value is -2.26. The second-order valence-electron chi connectivity index (χ2n) is 5.10. The lowest BCUT2D eigenvalue weighted by molar-refractivity contribution is 0.479. The largest absolute Gasteiger partial charge is 0.507 e. The first-order valence-electron chi connectivity index (χ1n) is 6.61. The predicted molar refractivity (Wildman–Crippen MR) is 90.0 cm³/mol. The van der Waals surface area contributed by atoms with Crippen molar-refractivity contribution in [1.29, 1.82) is 0 Å². The molecule has 0 aliphatic carbocycles. The van der Waals surface area contributed by atoms with Crippen LogP contribution in [0.1, 0.15) is 0 Å². The molecule has 3 heteroatoms. The van der Waals surface area contributed by atoms with E-state index in [0.717, 1.165) is 15.2 Å². The van der Waals surface area contributed by atoms with Crippen LogP contribution < -0.4 is 0 Å². The zero-order chi connectivity index (χ0) is 14.6. The average molecular weight is 339 g/mol. The molecule has 2 N–H and O–H groups in total. The summed E-state index contributed by atoms with van der Waals surface area (Å²) in [5.74, 6) is 0.426. The number of phenolic OH excluding ortho intramolecular Hbond substituents is 2. The smallest absolute Gasteiger partial charge is 0.132 e. The van der Waals surface area contributed by atoms with Gasteiger partial charge in [0.15, 0.2) is 0 Å². The van der Waals surface area contributed by atoms with E-state index >= 15 is 0 Å². The summed E-state index contributed by atoms with van der Waals surface area (Å²) in [5.41, 5.74) is 0. The standard InChI is InChI=1S/C18H11BrO2/c19-11-6-8-12-10(9-11)5-7-15-16(12)18(21)14-4-2-1-3-13(14)17(15)20/h1-9,20-21H. The lowest BCUT2D eigenvalue weighted by Gasteiger charge is -2.12. The van der Waals surface area contributed by atoms with Crippen molar-refractivity contribution in [2.24, 2.45) is 0 Å². The van der Waals surface area contributed by atoms with Gasteiger partial charge in [0.1, 0.15) is 11.5 Å². The van der Waals surface area contributed by atoms with Crippen LogP contribution in [-0.2, 0) is 0 Å². The van der Waals surface area contributed by atoms with Crippen LogP contribution in [0.3, 0.4) is 0 Å². The minimum absolute atomic E-state index is 0.211. The SMILES string of the molecule is Oc1c2ccccc2c(O)c2c1ccc1cc(Br)ccc12. The molecule has 0 saturated carbocycles. The fourth-order valence-corrected chi connectivity index (χ4v) is 3.31. The Morgan fingerprint density at radius 1 is 0.667 bits per heavy atom. The van der Waals surface area contributed by atoms with Crippen LogP contribution in [0.2, 0.25) is 0 Å². The molecule has 0 radical (unpaired) electrons. The van der Waals surface area contributed by atoms with E-state index in [2.05, 4.69) is 15.9 Å². The average Bonchev–Trinajstić information content (AvgIpc) is 2.51. The summed E-state index contributed by atoms with van der Waals surface area (Å²) in [6.45, 7) is 0. The molecule has 0 heterocycles. The van der Waals surface area contributed by atoms with Gasteiger partial charge in [-0.25, -0.2) is 0 Å².